The smallest absolute Gasteiger partial charge is 0.362 e. The van der Waals surface area contributed by atoms with Crippen LogP contribution in [0.4, 0.5) is 5.69 Å². The van der Waals surface area contributed by atoms with Crippen molar-refractivity contribution in [2.45, 2.75) is 24.5 Å². The molecule has 1 saturated heterocycles. The molecule has 4 rings (SSSR count). The number of nitrogens with zero attached hydrogens (tertiary/aromatic N) is 1. The largest absolute Gasteiger partial charge is 0.507 e. The summed E-state index contributed by atoms with van der Waals surface area (Å²) in [6, 6.07) is 12.3. The molecule has 1 aromatic heterocycles. The van der Waals surface area contributed by atoms with E-state index in [2.05, 4.69) is 0 Å². The summed E-state index contributed by atoms with van der Waals surface area (Å²) in [5.41, 5.74) is 6.87. The van der Waals surface area contributed by atoms with Gasteiger partial charge in [0, 0.05) is 17.3 Å². The van der Waals surface area contributed by atoms with Gasteiger partial charge in [-0.1, -0.05) is 18.2 Å². The molecule has 0 spiro atoms. The average Bonchev–Trinajstić information content (AvgIpc) is 3.29. The lowest BCUT2D eigenvalue weighted by Gasteiger charge is -2.18. The topological polar surface area (TPSA) is 173 Å². The van der Waals surface area contributed by atoms with Gasteiger partial charge in [0.1, 0.15) is 24.1 Å². The van der Waals surface area contributed by atoms with Gasteiger partial charge in [-0.05, 0) is 30.3 Å². The number of carbonyl (C=O) groups excluding carboxylic acids is 1. The molecule has 1 aliphatic rings. The van der Waals surface area contributed by atoms with Gasteiger partial charge in [0.2, 0.25) is 0 Å². The van der Waals surface area contributed by atoms with Crippen LogP contribution in [0.15, 0.2) is 54.7 Å². The Kier molecular flexibility index (Phi) is 5.79. The molecule has 1 amide bonds. The second kappa shape index (κ2) is 8.41. The summed E-state index contributed by atoms with van der Waals surface area (Å²) < 4.78 is 38.0. The average molecular weight is 463 g/mol. The van der Waals surface area contributed by atoms with E-state index in [0.717, 1.165) is 5.39 Å². The number of carbonyl (C=O) groups is 1. The van der Waals surface area contributed by atoms with E-state index in [4.69, 9.17) is 14.7 Å². The van der Waals surface area contributed by atoms with Crippen LogP contribution < -0.4 is 10.5 Å². The van der Waals surface area contributed by atoms with Gasteiger partial charge < -0.3 is 30.4 Å². The summed E-state index contributed by atoms with van der Waals surface area (Å²) in [5, 5.41) is 31.2. The zero-order valence-corrected chi connectivity index (χ0v) is 17.3. The minimum Gasteiger partial charge on any atom is -0.507 e. The lowest BCUT2D eigenvalue weighted by atomic mass is 10.1. The first kappa shape index (κ1) is 22.0. The van der Waals surface area contributed by atoms with E-state index in [1.807, 2.05) is 0 Å². The second-order valence-electron chi connectivity index (χ2n) is 7.24. The van der Waals surface area contributed by atoms with Gasteiger partial charge in [0.15, 0.2) is 6.23 Å². The Morgan fingerprint density at radius 1 is 1.12 bits per heavy atom. The van der Waals surface area contributed by atoms with Gasteiger partial charge in [-0.25, -0.2) is 4.72 Å². The molecular weight excluding hydrogens is 442 g/mol. The number of aliphatic hydroxyl groups is 2. The maximum absolute atomic E-state index is 12.1. The normalized spacial score (nSPS) is 23.4. The number of rotatable bonds is 6. The van der Waals surface area contributed by atoms with Gasteiger partial charge in [0.25, 0.3) is 5.91 Å². The number of para-hydroxylation sites is 1. The minimum atomic E-state index is -4.59. The number of benzene rings is 2. The van der Waals surface area contributed by atoms with Crippen LogP contribution in [0.2, 0.25) is 0 Å². The highest BCUT2D eigenvalue weighted by atomic mass is 32.2. The van der Waals surface area contributed by atoms with E-state index in [-0.39, 0.29) is 5.56 Å². The second-order valence-corrected chi connectivity index (χ2v) is 8.58. The number of anilines is 1. The number of nitrogens with two attached hydrogens (primary N) is 1. The van der Waals surface area contributed by atoms with Crippen LogP contribution in [0, 0.1) is 0 Å². The molecule has 32 heavy (non-hydrogen) atoms. The fourth-order valence-corrected chi connectivity index (χ4v) is 4.26. The number of nitrogen functional groups attached to an aromatic ring is 1. The number of nitrogens with one attached hydrogen (secondary N) is 1. The third-order valence-corrected chi connectivity index (χ3v) is 6.04. The first-order chi connectivity index (χ1) is 15.2. The van der Waals surface area contributed by atoms with Crippen molar-refractivity contribution in [1.82, 2.24) is 9.29 Å². The standard InChI is InChI=1S/C20H21N3O8S/c21-13-5-3-6-14-11(13)8-9-23(14)20-18(26)17(25)16(31-20)10-30-32(28,29)22-19(27)12-4-1-2-7-15(12)24/h1-9,16-18,20,24-26H,10,21H2,(H,22,27)/t16-,17-,18-,20-/m1/s1. The number of fused-ring (bicyclic) bond motifs is 1. The van der Waals surface area contributed by atoms with Crippen molar-refractivity contribution in [3.63, 3.8) is 0 Å². The molecule has 1 aliphatic heterocycles. The maximum Gasteiger partial charge on any atom is 0.362 e. The Labute approximate surface area is 182 Å². The van der Waals surface area contributed by atoms with Crippen molar-refractivity contribution >= 4 is 32.8 Å². The third-order valence-electron chi connectivity index (χ3n) is 5.16. The maximum atomic E-state index is 12.1. The molecule has 2 aromatic carbocycles. The number of amides is 1. The van der Waals surface area contributed by atoms with Crippen LogP contribution in [0.25, 0.3) is 10.9 Å². The highest BCUT2D eigenvalue weighted by molar-refractivity contribution is 7.85. The van der Waals surface area contributed by atoms with Crippen LogP contribution >= 0.6 is 0 Å². The number of aliphatic hydroxyl groups excluding tert-OH is 2. The van der Waals surface area contributed by atoms with Gasteiger partial charge in [0.05, 0.1) is 17.7 Å². The Balaban J connectivity index is 1.44. The van der Waals surface area contributed by atoms with Crippen LogP contribution in [0.3, 0.4) is 0 Å². The molecule has 170 valence electrons. The molecular formula is C20H21N3O8S. The Hall–Kier alpha value is -3.16. The molecule has 12 heteroatoms. The first-order valence-corrected chi connectivity index (χ1v) is 10.9. The number of ether oxygens (including phenoxy) is 1. The molecule has 0 unspecified atom stereocenters. The van der Waals surface area contributed by atoms with Crippen LogP contribution in [-0.2, 0) is 19.2 Å². The van der Waals surface area contributed by atoms with Crippen molar-refractivity contribution in [3.05, 3.63) is 60.3 Å². The van der Waals surface area contributed by atoms with Crippen LogP contribution in [-0.4, -0.2) is 59.1 Å². The van der Waals surface area contributed by atoms with Crippen LogP contribution in [0.1, 0.15) is 16.6 Å². The van der Waals surface area contributed by atoms with E-state index < -0.39 is 53.1 Å². The monoisotopic (exact) mass is 463 g/mol. The third kappa shape index (κ3) is 4.13. The number of hydrogen-bond donors (Lipinski definition) is 5. The summed E-state index contributed by atoms with van der Waals surface area (Å²) in [7, 11) is -4.59. The van der Waals surface area contributed by atoms with Gasteiger partial charge in [-0.3, -0.25) is 8.98 Å². The van der Waals surface area contributed by atoms with Crippen molar-refractivity contribution in [1.29, 1.82) is 0 Å². The molecule has 0 saturated carbocycles. The summed E-state index contributed by atoms with van der Waals surface area (Å²) in [6.07, 6.45) is -3.42. The summed E-state index contributed by atoms with van der Waals surface area (Å²) in [4.78, 5) is 12.1. The molecule has 0 radical (unpaired) electrons. The van der Waals surface area contributed by atoms with Crippen molar-refractivity contribution in [3.8, 4) is 5.75 Å². The summed E-state index contributed by atoms with van der Waals surface area (Å²) in [5.74, 6) is -1.49. The predicted octanol–water partition coefficient (Wildman–Crippen LogP) is 0.240. The number of aromatic hydroxyl groups is 1. The molecule has 6 N–H and O–H groups in total. The fourth-order valence-electron chi connectivity index (χ4n) is 3.55. The summed E-state index contributed by atoms with van der Waals surface area (Å²) >= 11 is 0. The fraction of sp³-hybridized carbons (Fsp3) is 0.250. The van der Waals surface area contributed by atoms with E-state index >= 15 is 0 Å². The Morgan fingerprint density at radius 3 is 2.62 bits per heavy atom. The summed E-state index contributed by atoms with van der Waals surface area (Å²) in [6.45, 7) is -0.667. The van der Waals surface area contributed by atoms with Crippen molar-refractivity contribution in [2.24, 2.45) is 0 Å². The molecule has 0 bridgehead atoms. The quantitative estimate of drug-likeness (QED) is 0.321. The molecule has 2 heterocycles. The van der Waals surface area contributed by atoms with Gasteiger partial charge in [-0.2, -0.15) is 8.42 Å². The molecule has 0 aliphatic carbocycles. The highest BCUT2D eigenvalue weighted by Crippen LogP contribution is 2.34. The van der Waals surface area contributed by atoms with Crippen molar-refractivity contribution < 1.29 is 37.5 Å². The Morgan fingerprint density at radius 2 is 1.88 bits per heavy atom. The molecule has 4 atom stereocenters. The van der Waals surface area contributed by atoms with Crippen molar-refractivity contribution in [2.75, 3.05) is 12.3 Å². The number of phenols is 1. The van der Waals surface area contributed by atoms with E-state index in [1.165, 1.54) is 24.3 Å². The lowest BCUT2D eigenvalue weighted by molar-refractivity contribution is -0.0463. The number of aromatic nitrogens is 1. The van der Waals surface area contributed by atoms with E-state index in [1.54, 1.807) is 39.8 Å². The minimum absolute atomic E-state index is 0.258. The number of phenolic OH excluding ortho intramolecular Hbond substituents is 1. The highest BCUT2D eigenvalue weighted by Gasteiger charge is 2.44. The predicted molar refractivity (Wildman–Crippen MR) is 113 cm³/mol. The molecule has 1 fully saturated rings. The zero-order chi connectivity index (χ0) is 23.0. The van der Waals surface area contributed by atoms with Gasteiger partial charge >= 0.3 is 10.3 Å². The first-order valence-electron chi connectivity index (χ1n) is 9.54. The van der Waals surface area contributed by atoms with Gasteiger partial charge in [-0.15, -0.1) is 0 Å². The lowest BCUT2D eigenvalue weighted by Crippen LogP contribution is -2.37. The van der Waals surface area contributed by atoms with Crippen LogP contribution in [0.5, 0.6) is 5.75 Å². The zero-order valence-electron chi connectivity index (χ0n) is 16.5. The van der Waals surface area contributed by atoms with E-state index in [0.29, 0.717) is 11.2 Å². The SMILES string of the molecule is Nc1cccc2c1ccn2[C@@H]1O[C@H](COS(=O)(=O)NC(=O)c2ccccc2O)[C@@H](O)[C@H]1O. The molecule has 3 aromatic rings. The Bertz CT molecular complexity index is 1260. The molecule has 11 nitrogen and oxygen atoms in total. The van der Waals surface area contributed by atoms with E-state index in [9.17, 15) is 28.5 Å². The number of hydrogen-bond acceptors (Lipinski definition) is 9.